The second-order valence-electron chi connectivity index (χ2n) is 7.88. The highest BCUT2D eigenvalue weighted by Gasteiger charge is 2.38. The molecule has 2 aliphatic rings. The molecule has 1 saturated heterocycles. The fourth-order valence-corrected chi connectivity index (χ4v) is 5.57. The second kappa shape index (κ2) is 8.21. The number of sulfonamides is 1. The topological polar surface area (TPSA) is 86.8 Å². The van der Waals surface area contributed by atoms with Crippen LogP contribution in [-0.2, 0) is 26.0 Å². The van der Waals surface area contributed by atoms with Crippen molar-refractivity contribution in [1.82, 2.24) is 9.62 Å². The van der Waals surface area contributed by atoms with Gasteiger partial charge in [0.05, 0.1) is 4.90 Å². The quantitative estimate of drug-likeness (QED) is 0.828. The van der Waals surface area contributed by atoms with Crippen LogP contribution in [0.4, 0.5) is 5.69 Å². The maximum absolute atomic E-state index is 13.1. The number of carbonyl (C=O) groups is 2. The number of amides is 2. The van der Waals surface area contributed by atoms with Crippen LogP contribution in [0, 0.1) is 0 Å². The number of rotatable bonds is 4. The van der Waals surface area contributed by atoms with Gasteiger partial charge in [-0.3, -0.25) is 14.5 Å². The average Bonchev–Trinajstić information content (AvgIpc) is 2.79. The van der Waals surface area contributed by atoms with Crippen LogP contribution in [0.2, 0.25) is 0 Å². The van der Waals surface area contributed by atoms with E-state index in [1.54, 1.807) is 22.5 Å². The van der Waals surface area contributed by atoms with E-state index in [-0.39, 0.29) is 22.8 Å². The Labute approximate surface area is 167 Å². The normalized spacial score (nSPS) is 20.7. The predicted molar refractivity (Wildman–Crippen MR) is 108 cm³/mol. The lowest BCUT2D eigenvalue weighted by atomic mass is 10.1. The molecule has 154 valence electrons. The molecule has 1 fully saturated rings. The van der Waals surface area contributed by atoms with Gasteiger partial charge < -0.3 is 5.32 Å². The number of anilines is 1. The largest absolute Gasteiger partial charge is 0.352 e. The first-order valence-electron chi connectivity index (χ1n) is 9.95. The molecule has 1 atom stereocenters. The molecular weight excluding hydrogens is 378 g/mol. The van der Waals surface area contributed by atoms with Gasteiger partial charge in [0.2, 0.25) is 21.8 Å². The minimum Gasteiger partial charge on any atom is -0.352 e. The maximum Gasteiger partial charge on any atom is 0.243 e. The number of carbonyl (C=O) groups excluding carboxylic acids is 2. The fraction of sp³-hybridized carbons (Fsp3) is 0.600. The van der Waals surface area contributed by atoms with Crippen molar-refractivity contribution in [3.05, 3.63) is 23.8 Å². The van der Waals surface area contributed by atoms with Crippen LogP contribution in [0.25, 0.3) is 0 Å². The van der Waals surface area contributed by atoms with Crippen molar-refractivity contribution in [3.8, 4) is 0 Å². The van der Waals surface area contributed by atoms with Gasteiger partial charge >= 0.3 is 0 Å². The smallest absolute Gasteiger partial charge is 0.243 e. The van der Waals surface area contributed by atoms with Crippen LogP contribution < -0.4 is 10.2 Å². The molecular formula is C20H29N3O4S. The first-order chi connectivity index (χ1) is 13.2. The summed E-state index contributed by atoms with van der Waals surface area (Å²) in [5.41, 5.74) is 1.33. The standard InChI is InChI=1S/C20H29N3O4S/c1-14(2)21-20(25)19-13-16-12-17(8-9-18(16)23(19)15(3)24)28(26,27)22-10-6-4-5-7-11-22/h8-9,12,14,19H,4-7,10-11,13H2,1-3H3,(H,21,25). The minimum absolute atomic E-state index is 0.0380. The monoisotopic (exact) mass is 407 g/mol. The third-order valence-electron chi connectivity index (χ3n) is 5.31. The van der Waals surface area contributed by atoms with Gasteiger partial charge in [-0.2, -0.15) is 4.31 Å². The highest BCUT2D eigenvalue weighted by Crippen LogP contribution is 2.35. The first-order valence-corrected chi connectivity index (χ1v) is 11.4. The summed E-state index contributed by atoms with van der Waals surface area (Å²) in [4.78, 5) is 26.5. The highest BCUT2D eigenvalue weighted by molar-refractivity contribution is 7.89. The number of nitrogens with one attached hydrogen (secondary N) is 1. The van der Waals surface area contributed by atoms with E-state index >= 15 is 0 Å². The van der Waals surface area contributed by atoms with Crippen LogP contribution in [0.5, 0.6) is 0 Å². The Morgan fingerprint density at radius 3 is 2.32 bits per heavy atom. The van der Waals surface area contributed by atoms with Crippen molar-refractivity contribution in [2.24, 2.45) is 0 Å². The van der Waals surface area contributed by atoms with Gasteiger partial charge in [0.25, 0.3) is 0 Å². The zero-order valence-corrected chi connectivity index (χ0v) is 17.6. The zero-order chi connectivity index (χ0) is 20.5. The summed E-state index contributed by atoms with van der Waals surface area (Å²) in [6, 6.07) is 4.16. The van der Waals surface area contributed by atoms with Crippen LogP contribution in [-0.4, -0.2) is 49.7 Å². The van der Waals surface area contributed by atoms with Crippen molar-refractivity contribution in [3.63, 3.8) is 0 Å². The molecule has 0 aromatic heterocycles. The molecule has 2 heterocycles. The van der Waals surface area contributed by atoms with E-state index in [1.807, 2.05) is 13.8 Å². The van der Waals surface area contributed by atoms with Crippen LogP contribution in [0.1, 0.15) is 52.0 Å². The Morgan fingerprint density at radius 1 is 1.11 bits per heavy atom. The lowest BCUT2D eigenvalue weighted by Crippen LogP contribution is -2.49. The Balaban J connectivity index is 1.91. The Hall–Kier alpha value is -1.93. The predicted octanol–water partition coefficient (Wildman–Crippen LogP) is 2.05. The van der Waals surface area contributed by atoms with Gasteiger partial charge in [-0.05, 0) is 50.5 Å². The van der Waals surface area contributed by atoms with E-state index in [0.717, 1.165) is 31.2 Å². The van der Waals surface area contributed by atoms with Gasteiger partial charge in [0.15, 0.2) is 0 Å². The summed E-state index contributed by atoms with van der Waals surface area (Å²) in [5, 5.41) is 2.85. The van der Waals surface area contributed by atoms with Crippen molar-refractivity contribution in [1.29, 1.82) is 0 Å². The first kappa shape index (κ1) is 20.8. The van der Waals surface area contributed by atoms with Crippen molar-refractivity contribution in [2.45, 2.75) is 69.9 Å². The molecule has 0 radical (unpaired) electrons. The third-order valence-corrected chi connectivity index (χ3v) is 7.21. The molecule has 0 saturated carbocycles. The molecule has 7 nitrogen and oxygen atoms in total. The number of hydrogen-bond donors (Lipinski definition) is 1. The van der Waals surface area contributed by atoms with Crippen molar-refractivity contribution < 1.29 is 18.0 Å². The van der Waals surface area contributed by atoms with E-state index in [4.69, 9.17) is 0 Å². The minimum atomic E-state index is -3.57. The average molecular weight is 408 g/mol. The van der Waals surface area contributed by atoms with Gasteiger partial charge in [0.1, 0.15) is 6.04 Å². The molecule has 0 aliphatic carbocycles. The summed E-state index contributed by atoms with van der Waals surface area (Å²) in [6.07, 6.45) is 4.17. The van der Waals surface area contributed by atoms with E-state index in [9.17, 15) is 18.0 Å². The van der Waals surface area contributed by atoms with E-state index in [2.05, 4.69) is 5.32 Å². The molecule has 1 aromatic carbocycles. The zero-order valence-electron chi connectivity index (χ0n) is 16.8. The number of benzene rings is 1. The number of nitrogens with zero attached hydrogens (tertiary/aromatic N) is 2. The van der Waals surface area contributed by atoms with E-state index in [0.29, 0.717) is 25.2 Å². The lowest BCUT2D eigenvalue weighted by Gasteiger charge is -2.24. The van der Waals surface area contributed by atoms with E-state index < -0.39 is 16.1 Å². The second-order valence-corrected chi connectivity index (χ2v) is 9.82. The molecule has 1 N–H and O–H groups in total. The number of fused-ring (bicyclic) bond motifs is 1. The van der Waals surface area contributed by atoms with Gasteiger partial charge in [0, 0.05) is 38.2 Å². The molecule has 28 heavy (non-hydrogen) atoms. The summed E-state index contributed by atoms with van der Waals surface area (Å²) < 4.78 is 27.7. The van der Waals surface area contributed by atoms with Gasteiger partial charge in [-0.25, -0.2) is 8.42 Å². The maximum atomic E-state index is 13.1. The summed E-state index contributed by atoms with van der Waals surface area (Å²) in [5.74, 6) is -0.455. The lowest BCUT2D eigenvalue weighted by molar-refractivity contribution is -0.125. The summed E-state index contributed by atoms with van der Waals surface area (Å²) >= 11 is 0. The van der Waals surface area contributed by atoms with Crippen molar-refractivity contribution in [2.75, 3.05) is 18.0 Å². The molecule has 8 heteroatoms. The van der Waals surface area contributed by atoms with E-state index in [1.165, 1.54) is 11.8 Å². The Kier molecular flexibility index (Phi) is 6.09. The SMILES string of the molecule is CC(=O)N1c2ccc(S(=O)(=O)N3CCCCCC3)cc2CC1C(=O)NC(C)C. The third kappa shape index (κ3) is 4.07. The molecule has 2 aliphatic heterocycles. The fourth-order valence-electron chi connectivity index (χ4n) is 4.00. The van der Waals surface area contributed by atoms with Crippen LogP contribution >= 0.6 is 0 Å². The highest BCUT2D eigenvalue weighted by atomic mass is 32.2. The van der Waals surface area contributed by atoms with Crippen LogP contribution in [0.3, 0.4) is 0 Å². The summed E-state index contributed by atoms with van der Waals surface area (Å²) in [6.45, 7) is 6.23. The molecule has 3 rings (SSSR count). The Morgan fingerprint density at radius 2 is 1.75 bits per heavy atom. The summed E-state index contributed by atoms with van der Waals surface area (Å²) in [7, 11) is -3.57. The number of hydrogen-bond acceptors (Lipinski definition) is 4. The van der Waals surface area contributed by atoms with Crippen molar-refractivity contribution >= 4 is 27.5 Å². The molecule has 2 amide bonds. The van der Waals surface area contributed by atoms with Gasteiger partial charge in [-0.1, -0.05) is 12.8 Å². The molecule has 1 unspecified atom stereocenters. The Bertz CT molecular complexity index is 858. The molecule has 0 spiro atoms. The van der Waals surface area contributed by atoms with Gasteiger partial charge in [-0.15, -0.1) is 0 Å². The molecule has 1 aromatic rings. The van der Waals surface area contributed by atoms with Crippen LogP contribution in [0.15, 0.2) is 23.1 Å². The molecule has 0 bridgehead atoms.